The number of Topliss-reactive ketones (excluding diaryl/α,β-unsaturated/α-hetero) is 1. The van der Waals surface area contributed by atoms with Crippen LogP contribution in [0.1, 0.15) is 35.1 Å². The van der Waals surface area contributed by atoms with E-state index in [2.05, 4.69) is 37.4 Å². The first-order chi connectivity index (χ1) is 13.8. The Morgan fingerprint density at radius 2 is 1.93 bits per heavy atom. The number of halogens is 1. The van der Waals surface area contributed by atoms with Gasteiger partial charge in [-0.2, -0.15) is 0 Å². The minimum Gasteiger partial charge on any atom is -0.481 e. The van der Waals surface area contributed by atoms with Gasteiger partial charge in [-0.15, -0.1) is 11.6 Å². The number of benzene rings is 2. The summed E-state index contributed by atoms with van der Waals surface area (Å²) in [4.78, 5) is 23.4. The lowest BCUT2D eigenvalue weighted by Gasteiger charge is -2.22. The lowest BCUT2D eigenvalue weighted by atomic mass is 9.88. The standard InChI is InChI=1S/C24H28ClNO3/c1-15-6-8-22(16(2)10-15)26-14-20-19(21(25)13-23(20)27)12-18-5-3-4-17(11-18)7-9-24(28)29/h3-6,8,10-11,19-21,26H,7,9,12-14H2,1-2H3,(H,28,29)/t19-,20-,21?/m1/s1. The van der Waals surface area contributed by atoms with Crippen LogP contribution in [-0.2, 0) is 22.4 Å². The number of carbonyl (C=O) groups is 2. The Hall–Kier alpha value is -2.33. The van der Waals surface area contributed by atoms with Gasteiger partial charge in [-0.1, -0.05) is 42.0 Å². The smallest absolute Gasteiger partial charge is 0.303 e. The summed E-state index contributed by atoms with van der Waals surface area (Å²) in [5.74, 6) is -0.637. The average molecular weight is 414 g/mol. The van der Waals surface area contributed by atoms with Crippen LogP contribution in [0, 0.1) is 25.7 Å². The Morgan fingerprint density at radius 1 is 1.17 bits per heavy atom. The molecule has 1 fully saturated rings. The maximum Gasteiger partial charge on any atom is 0.303 e. The number of hydrogen-bond acceptors (Lipinski definition) is 3. The topological polar surface area (TPSA) is 66.4 Å². The summed E-state index contributed by atoms with van der Waals surface area (Å²) in [6.45, 7) is 4.71. The van der Waals surface area contributed by atoms with Crippen molar-refractivity contribution in [3.63, 3.8) is 0 Å². The molecule has 29 heavy (non-hydrogen) atoms. The van der Waals surface area contributed by atoms with Gasteiger partial charge in [0, 0.05) is 36.4 Å². The zero-order valence-corrected chi connectivity index (χ0v) is 17.7. The molecule has 1 saturated carbocycles. The lowest BCUT2D eigenvalue weighted by molar-refractivity contribution is -0.137. The summed E-state index contributed by atoms with van der Waals surface area (Å²) in [5.41, 5.74) is 5.54. The minimum absolute atomic E-state index is 0.0668. The highest BCUT2D eigenvalue weighted by atomic mass is 35.5. The molecule has 0 bridgehead atoms. The highest BCUT2D eigenvalue weighted by Gasteiger charge is 2.41. The van der Waals surface area contributed by atoms with E-state index in [-0.39, 0.29) is 29.4 Å². The van der Waals surface area contributed by atoms with Gasteiger partial charge in [-0.25, -0.2) is 0 Å². The van der Waals surface area contributed by atoms with E-state index in [4.69, 9.17) is 16.7 Å². The molecule has 154 valence electrons. The van der Waals surface area contributed by atoms with Gasteiger partial charge in [0.25, 0.3) is 0 Å². The predicted octanol–water partition coefficient (Wildman–Crippen LogP) is 4.79. The van der Waals surface area contributed by atoms with Gasteiger partial charge >= 0.3 is 5.97 Å². The molecular weight excluding hydrogens is 386 g/mol. The minimum atomic E-state index is -0.796. The summed E-state index contributed by atoms with van der Waals surface area (Å²) in [6, 6.07) is 14.2. The molecule has 3 rings (SSSR count). The maximum absolute atomic E-state index is 12.6. The fraction of sp³-hybridized carbons (Fsp3) is 0.417. The van der Waals surface area contributed by atoms with Gasteiger partial charge in [-0.3, -0.25) is 9.59 Å². The van der Waals surface area contributed by atoms with Crippen molar-refractivity contribution in [2.24, 2.45) is 11.8 Å². The second kappa shape index (κ2) is 9.45. The molecule has 1 aliphatic rings. The summed E-state index contributed by atoms with van der Waals surface area (Å²) < 4.78 is 0. The molecule has 0 spiro atoms. The number of alkyl halides is 1. The van der Waals surface area contributed by atoms with Crippen molar-refractivity contribution < 1.29 is 14.7 Å². The first kappa shape index (κ1) is 21.4. The number of hydrogen-bond donors (Lipinski definition) is 2. The molecule has 1 unspecified atom stereocenters. The summed E-state index contributed by atoms with van der Waals surface area (Å²) in [5, 5.41) is 12.2. The number of aliphatic carboxylic acids is 1. The monoisotopic (exact) mass is 413 g/mol. The summed E-state index contributed by atoms with van der Waals surface area (Å²) in [6.07, 6.45) is 1.75. The van der Waals surface area contributed by atoms with E-state index in [1.807, 2.05) is 24.3 Å². The number of rotatable bonds is 8. The molecule has 0 radical (unpaired) electrons. The van der Waals surface area contributed by atoms with E-state index in [1.54, 1.807) is 0 Å². The summed E-state index contributed by atoms with van der Waals surface area (Å²) in [7, 11) is 0. The number of ketones is 1. The zero-order chi connectivity index (χ0) is 21.0. The normalized spacial score (nSPS) is 21.3. The van der Waals surface area contributed by atoms with E-state index in [0.29, 0.717) is 19.4 Å². The molecule has 0 amide bonds. The van der Waals surface area contributed by atoms with E-state index < -0.39 is 5.97 Å². The molecule has 0 heterocycles. The third-order valence-corrected chi connectivity index (χ3v) is 6.25. The first-order valence-electron chi connectivity index (χ1n) is 10.1. The molecule has 2 N–H and O–H groups in total. The highest BCUT2D eigenvalue weighted by molar-refractivity contribution is 6.23. The molecule has 5 heteroatoms. The van der Waals surface area contributed by atoms with Crippen molar-refractivity contribution in [2.45, 2.75) is 44.9 Å². The van der Waals surface area contributed by atoms with Gasteiger partial charge in [-0.05, 0) is 55.4 Å². The van der Waals surface area contributed by atoms with E-state index in [1.165, 1.54) is 11.1 Å². The fourth-order valence-corrected chi connectivity index (χ4v) is 4.61. The maximum atomic E-state index is 12.6. The molecule has 0 aromatic heterocycles. The largest absolute Gasteiger partial charge is 0.481 e. The van der Waals surface area contributed by atoms with Crippen molar-refractivity contribution in [3.05, 3.63) is 64.7 Å². The number of anilines is 1. The highest BCUT2D eigenvalue weighted by Crippen LogP contribution is 2.36. The van der Waals surface area contributed by atoms with Crippen LogP contribution in [0.2, 0.25) is 0 Å². The Morgan fingerprint density at radius 3 is 2.66 bits per heavy atom. The molecule has 3 atom stereocenters. The van der Waals surface area contributed by atoms with Crippen LogP contribution in [0.5, 0.6) is 0 Å². The molecular formula is C24H28ClNO3. The predicted molar refractivity (Wildman–Crippen MR) is 117 cm³/mol. The van der Waals surface area contributed by atoms with E-state index in [0.717, 1.165) is 23.2 Å². The molecule has 0 aliphatic heterocycles. The van der Waals surface area contributed by atoms with Gasteiger partial charge in [0.1, 0.15) is 5.78 Å². The summed E-state index contributed by atoms with van der Waals surface area (Å²) >= 11 is 6.57. The second-order valence-electron chi connectivity index (χ2n) is 8.07. The van der Waals surface area contributed by atoms with Crippen LogP contribution >= 0.6 is 11.6 Å². The van der Waals surface area contributed by atoms with Crippen LogP contribution in [0.3, 0.4) is 0 Å². The van der Waals surface area contributed by atoms with Gasteiger partial charge in [0.15, 0.2) is 0 Å². The van der Waals surface area contributed by atoms with Crippen LogP contribution in [0.15, 0.2) is 42.5 Å². The molecule has 4 nitrogen and oxygen atoms in total. The molecule has 2 aromatic rings. The van der Waals surface area contributed by atoms with Crippen LogP contribution in [0.4, 0.5) is 5.69 Å². The van der Waals surface area contributed by atoms with Crippen molar-refractivity contribution in [1.29, 1.82) is 0 Å². The molecule has 1 aliphatic carbocycles. The van der Waals surface area contributed by atoms with Crippen molar-refractivity contribution in [3.8, 4) is 0 Å². The van der Waals surface area contributed by atoms with Gasteiger partial charge < -0.3 is 10.4 Å². The third kappa shape index (κ3) is 5.60. The second-order valence-corrected chi connectivity index (χ2v) is 8.63. The van der Waals surface area contributed by atoms with Gasteiger partial charge in [0.2, 0.25) is 0 Å². The zero-order valence-electron chi connectivity index (χ0n) is 17.0. The third-order valence-electron chi connectivity index (χ3n) is 5.78. The van der Waals surface area contributed by atoms with E-state index in [9.17, 15) is 9.59 Å². The Bertz CT molecular complexity index is 895. The van der Waals surface area contributed by atoms with Gasteiger partial charge in [0.05, 0.1) is 0 Å². The molecule has 2 aromatic carbocycles. The number of aryl methyl sites for hydroxylation is 3. The van der Waals surface area contributed by atoms with Crippen molar-refractivity contribution in [2.75, 3.05) is 11.9 Å². The van der Waals surface area contributed by atoms with E-state index >= 15 is 0 Å². The van der Waals surface area contributed by atoms with Crippen molar-refractivity contribution in [1.82, 2.24) is 0 Å². The average Bonchev–Trinajstić information content (AvgIpc) is 2.93. The SMILES string of the molecule is Cc1ccc(NC[C@H]2C(=O)CC(Cl)[C@@H]2Cc2cccc(CCC(=O)O)c2)c(C)c1. The lowest BCUT2D eigenvalue weighted by Crippen LogP contribution is -2.27. The number of carboxylic acids is 1. The molecule has 0 saturated heterocycles. The Balaban J connectivity index is 1.69. The number of carboxylic acid groups (broad SMARTS) is 1. The van der Waals surface area contributed by atoms with Crippen LogP contribution in [-0.4, -0.2) is 28.8 Å². The quantitative estimate of drug-likeness (QED) is 0.611. The van der Waals surface area contributed by atoms with Crippen LogP contribution < -0.4 is 5.32 Å². The Kier molecular flexibility index (Phi) is 6.96. The van der Waals surface area contributed by atoms with Crippen molar-refractivity contribution >= 4 is 29.0 Å². The fourth-order valence-electron chi connectivity index (χ4n) is 4.19. The number of nitrogens with one attached hydrogen (secondary N) is 1. The Labute approximate surface area is 177 Å². The number of carbonyl (C=O) groups excluding carboxylic acids is 1. The van der Waals surface area contributed by atoms with Crippen LogP contribution in [0.25, 0.3) is 0 Å². The first-order valence-corrected chi connectivity index (χ1v) is 10.5.